The van der Waals surface area contributed by atoms with Crippen LogP contribution < -0.4 is 10.6 Å². The van der Waals surface area contributed by atoms with Gasteiger partial charge in [0.05, 0.1) is 24.2 Å². The van der Waals surface area contributed by atoms with Gasteiger partial charge in [-0.2, -0.15) is 0 Å². The highest BCUT2D eigenvalue weighted by Crippen LogP contribution is 2.24. The van der Waals surface area contributed by atoms with Gasteiger partial charge in [-0.05, 0) is 23.6 Å². The maximum absolute atomic E-state index is 12.1. The van der Waals surface area contributed by atoms with Crippen molar-refractivity contribution in [3.8, 4) is 11.3 Å². The minimum Gasteiger partial charge on any atom is -0.346 e. The minimum absolute atomic E-state index is 0.0622. The Hall–Kier alpha value is -3.06. The van der Waals surface area contributed by atoms with Gasteiger partial charge in [-0.25, -0.2) is 4.98 Å². The average molecular weight is 409 g/mol. The van der Waals surface area contributed by atoms with E-state index in [1.54, 1.807) is 6.20 Å². The summed E-state index contributed by atoms with van der Waals surface area (Å²) in [4.78, 5) is 28.7. The van der Waals surface area contributed by atoms with Gasteiger partial charge in [-0.15, -0.1) is 0 Å². The molecule has 2 aromatic carbocycles. The number of anilines is 1. The molecular weight excluding hydrogens is 384 g/mol. The molecule has 1 heterocycles. The zero-order valence-corrected chi connectivity index (χ0v) is 17.3. The molecule has 2 amide bonds. The number of hydrogen-bond acceptors (Lipinski definition) is 4. The Labute approximate surface area is 174 Å². The molecule has 0 aliphatic rings. The van der Waals surface area contributed by atoms with E-state index in [-0.39, 0.29) is 24.1 Å². The molecule has 0 unspecified atom stereocenters. The second-order valence-electron chi connectivity index (χ2n) is 6.48. The van der Waals surface area contributed by atoms with Crippen molar-refractivity contribution in [2.75, 3.05) is 17.6 Å². The van der Waals surface area contributed by atoms with Gasteiger partial charge in [-0.3, -0.25) is 9.59 Å². The Kier molecular flexibility index (Phi) is 7.08. The molecule has 0 atom stereocenters. The largest absolute Gasteiger partial charge is 0.346 e. The standard InChI is InChI=1S/C22H24N4O2S/c1-3-16-9-7-8-12-18(16)25-20(27)14-23-21(28)15-29-22-24-13-19(26(22)2)17-10-5-4-6-11-17/h4-13H,3,14-15H2,1-2H3,(H,23,28)(H,25,27). The molecule has 0 radical (unpaired) electrons. The van der Waals surface area contributed by atoms with E-state index >= 15 is 0 Å². The quantitative estimate of drug-likeness (QED) is 0.560. The molecule has 0 saturated heterocycles. The number of hydrogen-bond donors (Lipinski definition) is 2. The van der Waals surface area contributed by atoms with E-state index in [0.29, 0.717) is 0 Å². The van der Waals surface area contributed by atoms with Crippen LogP contribution in [0.15, 0.2) is 66.0 Å². The van der Waals surface area contributed by atoms with Gasteiger partial charge in [0.25, 0.3) is 0 Å². The number of carbonyl (C=O) groups is 2. The molecule has 3 aromatic rings. The molecular formula is C22H24N4O2S. The van der Waals surface area contributed by atoms with Crippen LogP contribution in [0.25, 0.3) is 11.3 Å². The smallest absolute Gasteiger partial charge is 0.243 e. The SMILES string of the molecule is CCc1ccccc1NC(=O)CNC(=O)CSc1ncc(-c2ccccc2)n1C. The monoisotopic (exact) mass is 408 g/mol. The van der Waals surface area contributed by atoms with Gasteiger partial charge in [0.15, 0.2) is 5.16 Å². The number of rotatable bonds is 8. The third-order valence-electron chi connectivity index (χ3n) is 4.47. The van der Waals surface area contributed by atoms with E-state index in [1.807, 2.05) is 73.1 Å². The van der Waals surface area contributed by atoms with Crippen molar-refractivity contribution < 1.29 is 9.59 Å². The minimum atomic E-state index is -0.243. The topological polar surface area (TPSA) is 76.0 Å². The van der Waals surface area contributed by atoms with Crippen molar-refractivity contribution in [2.45, 2.75) is 18.5 Å². The van der Waals surface area contributed by atoms with Gasteiger partial charge < -0.3 is 15.2 Å². The molecule has 0 saturated carbocycles. The zero-order valence-electron chi connectivity index (χ0n) is 16.5. The van der Waals surface area contributed by atoms with Crippen molar-refractivity contribution in [3.63, 3.8) is 0 Å². The first-order valence-electron chi connectivity index (χ1n) is 9.43. The molecule has 29 heavy (non-hydrogen) atoms. The first-order chi connectivity index (χ1) is 14.1. The normalized spacial score (nSPS) is 10.6. The number of para-hydroxylation sites is 1. The van der Waals surface area contributed by atoms with Crippen LogP contribution in [0.5, 0.6) is 0 Å². The van der Waals surface area contributed by atoms with Gasteiger partial charge in [0.2, 0.25) is 11.8 Å². The lowest BCUT2D eigenvalue weighted by Gasteiger charge is -2.10. The van der Waals surface area contributed by atoms with E-state index in [9.17, 15) is 9.59 Å². The van der Waals surface area contributed by atoms with Crippen molar-refractivity contribution in [1.82, 2.24) is 14.9 Å². The van der Waals surface area contributed by atoms with Crippen LogP contribution in [0.1, 0.15) is 12.5 Å². The molecule has 7 heteroatoms. The highest BCUT2D eigenvalue weighted by molar-refractivity contribution is 7.99. The van der Waals surface area contributed by atoms with Gasteiger partial charge in [0.1, 0.15) is 0 Å². The van der Waals surface area contributed by atoms with E-state index < -0.39 is 0 Å². The summed E-state index contributed by atoms with van der Waals surface area (Å²) in [6, 6.07) is 17.6. The van der Waals surface area contributed by atoms with E-state index in [4.69, 9.17) is 0 Å². The van der Waals surface area contributed by atoms with Crippen LogP contribution >= 0.6 is 11.8 Å². The predicted molar refractivity (Wildman–Crippen MR) is 117 cm³/mol. The summed E-state index contributed by atoms with van der Waals surface area (Å²) >= 11 is 1.34. The number of carbonyl (C=O) groups excluding carboxylic acids is 2. The van der Waals surface area contributed by atoms with E-state index in [2.05, 4.69) is 15.6 Å². The molecule has 0 spiro atoms. The Balaban J connectivity index is 1.48. The lowest BCUT2D eigenvalue weighted by molar-refractivity contribution is -0.122. The third kappa shape index (κ3) is 5.48. The van der Waals surface area contributed by atoms with Crippen LogP contribution in [-0.2, 0) is 23.1 Å². The summed E-state index contributed by atoms with van der Waals surface area (Å²) in [5.74, 6) is -0.261. The highest BCUT2D eigenvalue weighted by atomic mass is 32.2. The molecule has 150 valence electrons. The lowest BCUT2D eigenvalue weighted by atomic mass is 10.1. The van der Waals surface area contributed by atoms with Crippen LogP contribution in [0.2, 0.25) is 0 Å². The average Bonchev–Trinajstić information content (AvgIpc) is 3.12. The van der Waals surface area contributed by atoms with Gasteiger partial charge >= 0.3 is 0 Å². The Morgan fingerprint density at radius 3 is 2.52 bits per heavy atom. The maximum Gasteiger partial charge on any atom is 0.243 e. The maximum atomic E-state index is 12.1. The first-order valence-corrected chi connectivity index (χ1v) is 10.4. The second kappa shape index (κ2) is 9.93. The molecule has 0 aliphatic heterocycles. The van der Waals surface area contributed by atoms with Crippen LogP contribution in [0, 0.1) is 0 Å². The Morgan fingerprint density at radius 2 is 1.76 bits per heavy atom. The number of nitrogens with one attached hydrogen (secondary N) is 2. The number of nitrogens with zero attached hydrogens (tertiary/aromatic N) is 2. The Morgan fingerprint density at radius 1 is 1.03 bits per heavy atom. The summed E-state index contributed by atoms with van der Waals surface area (Å²) in [5, 5.41) is 6.25. The van der Waals surface area contributed by atoms with Crippen molar-refractivity contribution in [1.29, 1.82) is 0 Å². The zero-order chi connectivity index (χ0) is 20.6. The second-order valence-corrected chi connectivity index (χ2v) is 7.42. The number of imidazole rings is 1. The molecule has 0 bridgehead atoms. The Bertz CT molecular complexity index is 985. The van der Waals surface area contributed by atoms with Crippen LogP contribution in [0.4, 0.5) is 5.69 Å². The molecule has 0 aliphatic carbocycles. The highest BCUT2D eigenvalue weighted by Gasteiger charge is 2.12. The number of aromatic nitrogens is 2. The summed E-state index contributed by atoms with van der Waals surface area (Å²) < 4.78 is 1.96. The molecule has 1 aromatic heterocycles. The van der Waals surface area contributed by atoms with Crippen molar-refractivity contribution >= 4 is 29.3 Å². The summed E-state index contributed by atoms with van der Waals surface area (Å²) in [6.45, 7) is 1.97. The molecule has 3 rings (SSSR count). The fourth-order valence-corrected chi connectivity index (χ4v) is 3.69. The first kappa shape index (κ1) is 20.7. The van der Waals surface area contributed by atoms with E-state index in [0.717, 1.165) is 34.1 Å². The summed E-state index contributed by atoms with van der Waals surface area (Å²) in [5.41, 5.74) is 3.90. The molecule has 6 nitrogen and oxygen atoms in total. The third-order valence-corrected chi connectivity index (χ3v) is 5.51. The van der Waals surface area contributed by atoms with Crippen molar-refractivity contribution in [3.05, 3.63) is 66.4 Å². The van der Waals surface area contributed by atoms with E-state index in [1.165, 1.54) is 11.8 Å². The summed E-state index contributed by atoms with van der Waals surface area (Å²) in [6.07, 6.45) is 2.63. The van der Waals surface area contributed by atoms with Gasteiger partial charge in [-0.1, -0.05) is 67.2 Å². The van der Waals surface area contributed by atoms with Crippen LogP contribution in [0.3, 0.4) is 0 Å². The predicted octanol–water partition coefficient (Wildman–Crippen LogP) is 3.50. The fraction of sp³-hybridized carbons (Fsp3) is 0.227. The van der Waals surface area contributed by atoms with Crippen LogP contribution in [-0.4, -0.2) is 33.7 Å². The molecule has 2 N–H and O–H groups in total. The lowest BCUT2D eigenvalue weighted by Crippen LogP contribution is -2.34. The number of amides is 2. The van der Waals surface area contributed by atoms with Crippen molar-refractivity contribution in [2.24, 2.45) is 7.05 Å². The number of thioether (sulfide) groups is 1. The molecule has 0 fully saturated rings. The summed E-state index contributed by atoms with van der Waals surface area (Å²) in [7, 11) is 1.92. The number of benzene rings is 2. The fourth-order valence-electron chi connectivity index (χ4n) is 2.91. The van der Waals surface area contributed by atoms with Gasteiger partial charge in [0, 0.05) is 12.7 Å². The number of aryl methyl sites for hydroxylation is 1.